The van der Waals surface area contributed by atoms with E-state index in [9.17, 15) is 0 Å². The van der Waals surface area contributed by atoms with Gasteiger partial charge in [0.1, 0.15) is 17.8 Å². The van der Waals surface area contributed by atoms with Crippen LogP contribution in [0.3, 0.4) is 0 Å². The van der Waals surface area contributed by atoms with E-state index in [2.05, 4.69) is 36.1 Å². The van der Waals surface area contributed by atoms with Gasteiger partial charge in [0.15, 0.2) is 11.6 Å². The van der Waals surface area contributed by atoms with E-state index in [1.807, 2.05) is 18.3 Å². The molecule has 1 saturated carbocycles. The Hall–Kier alpha value is -2.57. The van der Waals surface area contributed by atoms with Gasteiger partial charge in [0.05, 0.1) is 0 Å². The van der Waals surface area contributed by atoms with Crippen molar-refractivity contribution in [2.75, 3.05) is 47.0 Å². The maximum atomic E-state index is 6.42. The number of hydrogen-bond donors (Lipinski definition) is 2. The van der Waals surface area contributed by atoms with Crippen LogP contribution in [-0.4, -0.2) is 47.2 Å². The minimum Gasteiger partial charge on any atom is -0.393 e. The molecule has 3 N–H and O–H groups in total. The van der Waals surface area contributed by atoms with Crippen LogP contribution >= 0.6 is 0 Å². The first-order valence-electron chi connectivity index (χ1n) is 9.59. The molecule has 2 fully saturated rings. The van der Waals surface area contributed by atoms with Crippen LogP contribution in [0.5, 0.6) is 0 Å². The van der Waals surface area contributed by atoms with Crippen molar-refractivity contribution in [3.05, 3.63) is 30.7 Å². The Kier molecular flexibility index (Phi) is 5.04. The van der Waals surface area contributed by atoms with Gasteiger partial charge in [0.25, 0.3) is 0 Å². The molecule has 0 spiro atoms. The zero-order valence-electron chi connectivity index (χ0n) is 15.1. The van der Waals surface area contributed by atoms with Gasteiger partial charge in [-0.1, -0.05) is 25.3 Å². The lowest BCUT2D eigenvalue weighted by atomic mass is 9.95. The highest BCUT2D eigenvalue weighted by molar-refractivity contribution is 5.75. The number of nitrogens with two attached hydrogens (primary N) is 1. The zero-order chi connectivity index (χ0) is 17.8. The summed E-state index contributed by atoms with van der Waals surface area (Å²) >= 11 is 0. The third-order valence-corrected chi connectivity index (χ3v) is 5.36. The van der Waals surface area contributed by atoms with Crippen molar-refractivity contribution >= 4 is 23.1 Å². The van der Waals surface area contributed by atoms with Gasteiger partial charge in [0.2, 0.25) is 0 Å². The molecule has 1 saturated heterocycles. The summed E-state index contributed by atoms with van der Waals surface area (Å²) in [5, 5.41) is 3.54. The normalized spacial score (nSPS) is 18.8. The summed E-state index contributed by atoms with van der Waals surface area (Å²) in [5.74, 6) is 2.66. The molecule has 0 amide bonds. The van der Waals surface area contributed by atoms with E-state index in [0.29, 0.717) is 11.7 Å². The van der Waals surface area contributed by atoms with E-state index in [4.69, 9.17) is 5.73 Å². The molecule has 2 aliphatic rings. The molecule has 26 heavy (non-hydrogen) atoms. The molecule has 0 radical (unpaired) electrons. The quantitative estimate of drug-likeness (QED) is 0.874. The lowest BCUT2D eigenvalue weighted by Crippen LogP contribution is -2.47. The SMILES string of the molecule is Nc1c(NC2CCCCC2)ncnc1N1CCN(c2ccccn2)CC1. The van der Waals surface area contributed by atoms with E-state index in [0.717, 1.165) is 43.6 Å². The molecule has 7 nitrogen and oxygen atoms in total. The molecule has 0 bridgehead atoms. The number of aromatic nitrogens is 3. The lowest BCUT2D eigenvalue weighted by Gasteiger charge is -2.36. The van der Waals surface area contributed by atoms with Gasteiger partial charge in [0, 0.05) is 38.4 Å². The summed E-state index contributed by atoms with van der Waals surface area (Å²) in [7, 11) is 0. The molecule has 0 aromatic carbocycles. The van der Waals surface area contributed by atoms with Crippen LogP contribution in [0.25, 0.3) is 0 Å². The monoisotopic (exact) mass is 353 g/mol. The Morgan fingerprint density at radius 2 is 1.69 bits per heavy atom. The molecule has 2 aromatic heterocycles. The van der Waals surface area contributed by atoms with Crippen LogP contribution < -0.4 is 20.9 Å². The second-order valence-electron chi connectivity index (χ2n) is 7.10. The van der Waals surface area contributed by atoms with Crippen molar-refractivity contribution in [3.63, 3.8) is 0 Å². The highest BCUT2D eigenvalue weighted by Crippen LogP contribution is 2.30. The van der Waals surface area contributed by atoms with E-state index in [-0.39, 0.29) is 0 Å². The Bertz CT molecular complexity index is 707. The number of nitrogens with one attached hydrogen (secondary N) is 1. The summed E-state index contributed by atoms with van der Waals surface area (Å²) in [4.78, 5) is 17.9. The van der Waals surface area contributed by atoms with Crippen molar-refractivity contribution in [3.8, 4) is 0 Å². The molecular formula is C19H27N7. The average Bonchev–Trinajstić information content (AvgIpc) is 2.71. The number of anilines is 4. The van der Waals surface area contributed by atoms with Crippen molar-refractivity contribution in [1.29, 1.82) is 0 Å². The third kappa shape index (κ3) is 3.66. The fourth-order valence-electron chi connectivity index (χ4n) is 3.88. The molecule has 3 heterocycles. The summed E-state index contributed by atoms with van der Waals surface area (Å²) in [6.07, 6.45) is 9.76. The van der Waals surface area contributed by atoms with Crippen molar-refractivity contribution in [1.82, 2.24) is 15.0 Å². The van der Waals surface area contributed by atoms with Crippen LogP contribution in [0, 0.1) is 0 Å². The van der Waals surface area contributed by atoms with Gasteiger partial charge in [-0.2, -0.15) is 0 Å². The van der Waals surface area contributed by atoms with Crippen molar-refractivity contribution < 1.29 is 0 Å². The fraction of sp³-hybridized carbons (Fsp3) is 0.526. The molecule has 7 heteroatoms. The second kappa shape index (κ2) is 7.76. The van der Waals surface area contributed by atoms with Crippen LogP contribution in [0.4, 0.5) is 23.1 Å². The first-order chi connectivity index (χ1) is 12.8. The second-order valence-corrected chi connectivity index (χ2v) is 7.10. The number of rotatable bonds is 4. The molecular weight excluding hydrogens is 326 g/mol. The number of nitrogens with zero attached hydrogens (tertiary/aromatic N) is 5. The molecule has 2 aromatic rings. The number of pyridine rings is 1. The third-order valence-electron chi connectivity index (χ3n) is 5.36. The lowest BCUT2D eigenvalue weighted by molar-refractivity contribution is 0.462. The van der Waals surface area contributed by atoms with Gasteiger partial charge in [-0.3, -0.25) is 0 Å². The standard InChI is InChI=1S/C19H27N7/c20-17-18(24-15-6-2-1-3-7-15)22-14-23-19(17)26-12-10-25(11-13-26)16-8-4-5-9-21-16/h4-5,8-9,14-15H,1-3,6-7,10-13,20H2,(H,22,23,24). The molecule has 4 rings (SSSR count). The maximum absolute atomic E-state index is 6.42. The smallest absolute Gasteiger partial charge is 0.157 e. The minimum absolute atomic E-state index is 0.481. The molecule has 0 unspecified atom stereocenters. The van der Waals surface area contributed by atoms with Crippen molar-refractivity contribution in [2.45, 2.75) is 38.1 Å². The van der Waals surface area contributed by atoms with E-state index < -0.39 is 0 Å². The molecule has 0 atom stereocenters. The van der Waals surface area contributed by atoms with Gasteiger partial charge >= 0.3 is 0 Å². The van der Waals surface area contributed by atoms with Crippen LogP contribution in [0.1, 0.15) is 32.1 Å². The Morgan fingerprint density at radius 3 is 2.42 bits per heavy atom. The summed E-state index contributed by atoms with van der Waals surface area (Å²) < 4.78 is 0. The van der Waals surface area contributed by atoms with Crippen LogP contribution in [0.2, 0.25) is 0 Å². The van der Waals surface area contributed by atoms with Gasteiger partial charge in [-0.05, 0) is 25.0 Å². The Balaban J connectivity index is 1.42. The highest BCUT2D eigenvalue weighted by atomic mass is 15.3. The summed E-state index contributed by atoms with van der Waals surface area (Å²) in [6.45, 7) is 3.57. The molecule has 1 aliphatic carbocycles. The van der Waals surface area contributed by atoms with E-state index >= 15 is 0 Å². The van der Waals surface area contributed by atoms with Crippen LogP contribution in [-0.2, 0) is 0 Å². The number of hydrogen-bond acceptors (Lipinski definition) is 7. The summed E-state index contributed by atoms with van der Waals surface area (Å²) in [5.41, 5.74) is 7.09. The van der Waals surface area contributed by atoms with E-state index in [1.54, 1.807) is 6.33 Å². The number of piperazine rings is 1. The minimum atomic E-state index is 0.481. The first-order valence-corrected chi connectivity index (χ1v) is 9.59. The Morgan fingerprint density at radius 1 is 0.923 bits per heavy atom. The average molecular weight is 353 g/mol. The molecule has 1 aliphatic heterocycles. The van der Waals surface area contributed by atoms with Crippen molar-refractivity contribution in [2.24, 2.45) is 0 Å². The maximum Gasteiger partial charge on any atom is 0.157 e. The first kappa shape index (κ1) is 16.9. The Labute approximate surface area is 154 Å². The van der Waals surface area contributed by atoms with Gasteiger partial charge in [-0.25, -0.2) is 15.0 Å². The number of nitrogen functional groups attached to an aromatic ring is 1. The predicted molar refractivity (Wildman–Crippen MR) is 106 cm³/mol. The topological polar surface area (TPSA) is 83.2 Å². The van der Waals surface area contributed by atoms with Gasteiger partial charge in [-0.15, -0.1) is 0 Å². The zero-order valence-corrected chi connectivity index (χ0v) is 15.1. The highest BCUT2D eigenvalue weighted by Gasteiger charge is 2.23. The summed E-state index contributed by atoms with van der Waals surface area (Å²) in [6, 6.07) is 6.51. The largest absolute Gasteiger partial charge is 0.393 e. The van der Waals surface area contributed by atoms with Gasteiger partial charge < -0.3 is 20.9 Å². The molecule has 138 valence electrons. The predicted octanol–water partition coefficient (Wildman–Crippen LogP) is 2.53. The fourth-order valence-corrected chi connectivity index (χ4v) is 3.88. The van der Waals surface area contributed by atoms with Crippen LogP contribution in [0.15, 0.2) is 30.7 Å². The van der Waals surface area contributed by atoms with E-state index in [1.165, 1.54) is 32.1 Å².